The Bertz CT molecular complexity index is 1580. The zero-order chi connectivity index (χ0) is 36.6. The van der Waals surface area contributed by atoms with Crippen LogP contribution in [0.5, 0.6) is 0 Å². The van der Waals surface area contributed by atoms with Gasteiger partial charge in [0.1, 0.15) is 0 Å². The Morgan fingerprint density at radius 3 is 1.38 bits per heavy atom. The molecule has 0 aromatic heterocycles. The number of hydrogen-bond acceptors (Lipinski definition) is 6. The molecule has 2 atom stereocenters. The van der Waals surface area contributed by atoms with Crippen LogP contribution in [0.4, 0.5) is 0 Å². The summed E-state index contributed by atoms with van der Waals surface area (Å²) in [6, 6.07) is 3.01. The van der Waals surface area contributed by atoms with Crippen molar-refractivity contribution in [2.75, 3.05) is 0 Å². The van der Waals surface area contributed by atoms with Gasteiger partial charge in [0, 0.05) is 34.1 Å². The first-order valence-electron chi connectivity index (χ1n) is 17.4. The summed E-state index contributed by atoms with van der Waals surface area (Å²) in [7, 11) is 0. The van der Waals surface area contributed by atoms with Crippen molar-refractivity contribution in [3.63, 3.8) is 0 Å². The summed E-state index contributed by atoms with van der Waals surface area (Å²) in [4.78, 5) is 51.2. The predicted molar refractivity (Wildman–Crippen MR) is 188 cm³/mol. The lowest BCUT2D eigenvalue weighted by atomic mass is 9.68. The monoisotopic (exact) mass is 656 g/mol. The molecule has 0 aliphatic heterocycles. The van der Waals surface area contributed by atoms with Crippen molar-refractivity contribution in [3.8, 4) is 0 Å². The van der Waals surface area contributed by atoms with Crippen molar-refractivity contribution in [1.29, 1.82) is 0 Å². The van der Waals surface area contributed by atoms with Gasteiger partial charge in [0.15, 0.2) is 11.6 Å². The van der Waals surface area contributed by atoms with E-state index >= 15 is 0 Å². The van der Waals surface area contributed by atoms with Gasteiger partial charge < -0.3 is 19.8 Å². The average Bonchev–Trinajstić information content (AvgIpc) is 2.92. The third-order valence-corrected chi connectivity index (χ3v) is 9.64. The second-order valence-electron chi connectivity index (χ2n) is 17.9. The second-order valence-corrected chi connectivity index (χ2v) is 17.9. The molecule has 2 aliphatic carbocycles. The van der Waals surface area contributed by atoms with E-state index in [2.05, 4.69) is 68.4 Å². The van der Waals surface area contributed by atoms with Crippen LogP contribution in [0.15, 0.2) is 58.7 Å². The number of carboxylic acid groups (broad SMARTS) is 2. The molecule has 6 heteroatoms. The van der Waals surface area contributed by atoms with E-state index in [0.29, 0.717) is 44.1 Å². The van der Waals surface area contributed by atoms with Crippen LogP contribution in [0, 0.1) is 33.5 Å². The Morgan fingerprint density at radius 1 is 0.604 bits per heavy atom. The van der Waals surface area contributed by atoms with Gasteiger partial charge in [-0.05, 0) is 71.3 Å². The van der Waals surface area contributed by atoms with Crippen LogP contribution in [0.1, 0.15) is 141 Å². The fourth-order valence-corrected chi connectivity index (χ4v) is 6.86. The van der Waals surface area contributed by atoms with Crippen molar-refractivity contribution in [1.82, 2.24) is 0 Å². The molecule has 0 fully saturated rings. The Balaban J connectivity index is 1.93. The van der Waals surface area contributed by atoms with Gasteiger partial charge in [0.2, 0.25) is 0 Å². The summed E-state index contributed by atoms with van der Waals surface area (Å²) in [6.07, 6.45) is 11.5. The fourth-order valence-electron chi connectivity index (χ4n) is 6.86. The molecule has 2 aliphatic rings. The third kappa shape index (κ3) is 9.12. The van der Waals surface area contributed by atoms with Gasteiger partial charge in [0.25, 0.3) is 0 Å². The van der Waals surface area contributed by atoms with Crippen molar-refractivity contribution in [3.05, 3.63) is 81.0 Å². The molecule has 6 nitrogen and oxygen atoms in total. The highest BCUT2D eigenvalue weighted by molar-refractivity contribution is 6.03. The molecule has 3 rings (SSSR count). The van der Waals surface area contributed by atoms with Crippen LogP contribution < -0.4 is 10.2 Å². The Hall–Kier alpha value is -3.54. The van der Waals surface area contributed by atoms with E-state index in [1.807, 2.05) is 39.0 Å². The maximum atomic E-state index is 13.4. The average molecular weight is 657 g/mol. The van der Waals surface area contributed by atoms with E-state index in [0.717, 1.165) is 27.9 Å². The molecule has 262 valence electrons. The molecular formula is C42H56O6-2. The molecule has 0 radical (unpaired) electrons. The largest absolute Gasteiger partial charge is 0.545 e. The van der Waals surface area contributed by atoms with Gasteiger partial charge in [-0.15, -0.1) is 0 Å². The van der Waals surface area contributed by atoms with Crippen LogP contribution in [-0.2, 0) is 22.4 Å². The molecule has 0 N–H and O–H groups in total. The summed E-state index contributed by atoms with van der Waals surface area (Å²) >= 11 is 0. The number of carboxylic acids is 2. The quantitative estimate of drug-likeness (QED) is 0.260. The molecule has 0 bridgehead atoms. The molecular weight excluding hydrogens is 600 g/mol. The van der Waals surface area contributed by atoms with E-state index < -0.39 is 11.9 Å². The molecule has 0 amide bonds. The molecule has 1 aromatic carbocycles. The van der Waals surface area contributed by atoms with E-state index in [-0.39, 0.29) is 56.2 Å². The number of carbonyl (C=O) groups excluding carboxylic acids is 4. The normalized spacial score (nSPS) is 19.4. The second kappa shape index (κ2) is 14.1. The number of rotatable bonds is 10. The number of carbonyl (C=O) groups is 4. The highest BCUT2D eigenvalue weighted by Gasteiger charge is 2.39. The van der Waals surface area contributed by atoms with Gasteiger partial charge in [-0.25, -0.2) is 0 Å². The van der Waals surface area contributed by atoms with Crippen molar-refractivity contribution in [2.24, 2.45) is 33.5 Å². The molecule has 0 heterocycles. The summed E-state index contributed by atoms with van der Waals surface area (Å²) in [5, 5.41) is 24.4. The molecule has 0 saturated carbocycles. The van der Waals surface area contributed by atoms with E-state index in [4.69, 9.17) is 0 Å². The van der Waals surface area contributed by atoms with E-state index in [1.165, 1.54) is 6.07 Å². The number of allylic oxidation sites excluding steroid dienone is 8. The Morgan fingerprint density at radius 2 is 1.02 bits per heavy atom. The van der Waals surface area contributed by atoms with Crippen LogP contribution in [0.2, 0.25) is 0 Å². The summed E-state index contributed by atoms with van der Waals surface area (Å²) in [6.45, 7) is 24.7. The lowest BCUT2D eigenvalue weighted by Crippen LogP contribution is -2.34. The highest BCUT2D eigenvalue weighted by atomic mass is 16.4. The Labute approximate surface area is 288 Å². The lowest BCUT2D eigenvalue weighted by Gasteiger charge is -2.35. The Kier molecular flexibility index (Phi) is 11.5. The van der Waals surface area contributed by atoms with Gasteiger partial charge in [-0.2, -0.15) is 0 Å². The first-order chi connectivity index (χ1) is 21.8. The van der Waals surface area contributed by atoms with Crippen molar-refractivity contribution < 1.29 is 29.4 Å². The zero-order valence-corrected chi connectivity index (χ0v) is 31.3. The summed E-state index contributed by atoms with van der Waals surface area (Å²) in [5.74, 6) is -3.28. The molecule has 48 heavy (non-hydrogen) atoms. The molecule has 0 spiro atoms. The van der Waals surface area contributed by atoms with Gasteiger partial charge in [-0.3, -0.25) is 9.59 Å². The van der Waals surface area contributed by atoms with Crippen LogP contribution in [0.3, 0.4) is 0 Å². The zero-order valence-electron chi connectivity index (χ0n) is 31.3. The number of Topliss-reactive ketones (excluding diaryl/α,β-unsaturated/α-hetero) is 2. The molecule has 2 unspecified atom stereocenters. The maximum absolute atomic E-state index is 13.4. The SMILES string of the molecule is CC(C)(C)C1=CC(CCCc2ccc(C(=O)[O-])c(C(=O)[O-])c2CCCC2=CC(C(C)(C)C)C(=O)C(C(C)(C)C)=C2)=CC(C(C)(C)C)C1=O. The number of aryl methyl sites for hydroxylation is 1. The first kappa shape index (κ1) is 38.9. The van der Waals surface area contributed by atoms with Crippen molar-refractivity contribution in [2.45, 2.75) is 122 Å². The van der Waals surface area contributed by atoms with Crippen molar-refractivity contribution >= 4 is 23.5 Å². The van der Waals surface area contributed by atoms with Crippen LogP contribution >= 0.6 is 0 Å². The summed E-state index contributed by atoms with van der Waals surface area (Å²) < 4.78 is 0. The topological polar surface area (TPSA) is 114 Å². The standard InChI is InChI=1S/C42H58O6/c1-39(2,3)30-21-25(22-31(35(30)43)40(4,5)6)15-13-17-27-19-20-29(37(45)46)34(38(47)48)28(27)18-14-16-26-23-32(41(7,8)9)36(44)33(24-26)42(10,11)12/h19-24,30,32H,13-18H2,1-12H3,(H,45,46)(H,47,48)/p-2. The van der Waals surface area contributed by atoms with E-state index in [9.17, 15) is 29.4 Å². The smallest absolute Gasteiger partial charge is 0.166 e. The predicted octanol–water partition coefficient (Wildman–Crippen LogP) is 7.35. The minimum absolute atomic E-state index is 0.137. The minimum atomic E-state index is -1.55. The number of benzene rings is 1. The van der Waals surface area contributed by atoms with Crippen LogP contribution in [0.25, 0.3) is 0 Å². The number of aromatic carboxylic acids is 2. The minimum Gasteiger partial charge on any atom is -0.545 e. The maximum Gasteiger partial charge on any atom is 0.166 e. The van der Waals surface area contributed by atoms with Gasteiger partial charge in [-0.1, -0.05) is 131 Å². The van der Waals surface area contributed by atoms with Crippen LogP contribution in [-0.4, -0.2) is 23.5 Å². The molecule has 1 aromatic rings. The third-order valence-electron chi connectivity index (χ3n) is 9.64. The number of ketones is 2. The van der Waals surface area contributed by atoms with Gasteiger partial charge >= 0.3 is 0 Å². The first-order valence-corrected chi connectivity index (χ1v) is 17.4. The van der Waals surface area contributed by atoms with E-state index in [1.54, 1.807) is 6.07 Å². The summed E-state index contributed by atoms with van der Waals surface area (Å²) in [5.41, 5.74) is 3.13. The lowest BCUT2D eigenvalue weighted by molar-refractivity contribution is -0.259. The van der Waals surface area contributed by atoms with Gasteiger partial charge in [0.05, 0.1) is 11.9 Å². The fraction of sp³-hybridized carbons (Fsp3) is 0.571. The number of hydrogen-bond donors (Lipinski definition) is 0. The highest BCUT2D eigenvalue weighted by Crippen LogP contribution is 2.42. The molecule has 0 saturated heterocycles.